The summed E-state index contributed by atoms with van der Waals surface area (Å²) in [5.41, 5.74) is 0.979. The fraction of sp³-hybridized carbons (Fsp3) is 0.429. The largest absolute Gasteiger partial charge is 0.310 e. The van der Waals surface area contributed by atoms with Crippen LogP contribution >= 0.6 is 11.5 Å². The minimum absolute atomic E-state index is 0.761. The van der Waals surface area contributed by atoms with E-state index in [1.54, 1.807) is 0 Å². The maximum Gasteiger partial charge on any atom is 0.0893 e. The molecule has 0 bridgehead atoms. The van der Waals surface area contributed by atoms with Crippen molar-refractivity contribution in [3.8, 4) is 12.3 Å². The van der Waals surface area contributed by atoms with Crippen LogP contribution in [0.4, 0.5) is 0 Å². The lowest BCUT2D eigenvalue weighted by Gasteiger charge is -1.96. The zero-order valence-electron chi connectivity index (χ0n) is 6.08. The quantitative estimate of drug-likeness (QED) is 0.528. The number of nitrogens with one attached hydrogen (secondary N) is 1. The summed E-state index contributed by atoms with van der Waals surface area (Å²) in [5.74, 6) is 2.55. The van der Waals surface area contributed by atoms with Crippen molar-refractivity contribution in [1.82, 2.24) is 14.9 Å². The van der Waals surface area contributed by atoms with E-state index in [1.807, 2.05) is 5.38 Å². The minimum Gasteiger partial charge on any atom is -0.310 e. The molecule has 1 N–H and O–H groups in total. The minimum atomic E-state index is 0.761. The van der Waals surface area contributed by atoms with Crippen LogP contribution in [0, 0.1) is 12.3 Å². The summed E-state index contributed by atoms with van der Waals surface area (Å²) in [5, 5.41) is 8.94. The predicted octanol–water partition coefficient (Wildman–Crippen LogP) is 0.651. The van der Waals surface area contributed by atoms with E-state index in [0.29, 0.717) is 0 Å². The first-order valence-electron chi connectivity index (χ1n) is 3.33. The van der Waals surface area contributed by atoms with Gasteiger partial charge in [-0.2, -0.15) is 0 Å². The Morgan fingerprint density at radius 3 is 3.27 bits per heavy atom. The summed E-state index contributed by atoms with van der Waals surface area (Å²) in [4.78, 5) is 0. The Morgan fingerprint density at radius 1 is 1.73 bits per heavy atom. The molecule has 58 valence electrons. The molecule has 0 radical (unpaired) electrons. The second-order valence-electron chi connectivity index (χ2n) is 2.03. The average molecular weight is 167 g/mol. The predicted molar refractivity (Wildman–Crippen MR) is 45.1 cm³/mol. The third-order valence-electron chi connectivity index (χ3n) is 1.16. The lowest BCUT2D eigenvalue weighted by molar-refractivity contribution is 0.685. The van der Waals surface area contributed by atoms with Crippen molar-refractivity contribution in [2.45, 2.75) is 13.0 Å². The Bertz CT molecular complexity index is 224. The highest BCUT2D eigenvalue weighted by molar-refractivity contribution is 7.03. The highest BCUT2D eigenvalue weighted by atomic mass is 32.1. The molecule has 0 saturated heterocycles. The van der Waals surface area contributed by atoms with Crippen molar-refractivity contribution >= 4 is 11.5 Å². The van der Waals surface area contributed by atoms with Gasteiger partial charge in [0.25, 0.3) is 0 Å². The summed E-state index contributed by atoms with van der Waals surface area (Å²) in [7, 11) is 0. The van der Waals surface area contributed by atoms with Crippen LogP contribution in [0.15, 0.2) is 5.38 Å². The highest BCUT2D eigenvalue weighted by Crippen LogP contribution is 1.94. The molecule has 0 fully saturated rings. The number of nitrogens with zero attached hydrogens (tertiary/aromatic N) is 2. The van der Waals surface area contributed by atoms with Crippen LogP contribution in [-0.2, 0) is 6.54 Å². The Hall–Kier alpha value is -0.920. The molecular formula is C7H9N3S. The lowest BCUT2D eigenvalue weighted by Crippen LogP contribution is -2.14. The summed E-state index contributed by atoms with van der Waals surface area (Å²) in [6.07, 6.45) is 5.83. The van der Waals surface area contributed by atoms with Crippen LogP contribution in [0.3, 0.4) is 0 Å². The number of hydrogen-bond acceptors (Lipinski definition) is 4. The van der Waals surface area contributed by atoms with Gasteiger partial charge in [-0.05, 0) is 11.5 Å². The second-order valence-corrected chi connectivity index (χ2v) is 2.64. The van der Waals surface area contributed by atoms with E-state index < -0.39 is 0 Å². The van der Waals surface area contributed by atoms with Crippen molar-refractivity contribution in [2.24, 2.45) is 0 Å². The molecule has 0 amide bonds. The van der Waals surface area contributed by atoms with Crippen LogP contribution in [-0.4, -0.2) is 16.1 Å². The van der Waals surface area contributed by atoms with Crippen molar-refractivity contribution in [1.29, 1.82) is 0 Å². The van der Waals surface area contributed by atoms with Gasteiger partial charge in [-0.15, -0.1) is 17.4 Å². The molecule has 0 aromatic carbocycles. The van der Waals surface area contributed by atoms with Gasteiger partial charge in [-0.3, -0.25) is 0 Å². The zero-order chi connectivity index (χ0) is 7.94. The summed E-state index contributed by atoms with van der Waals surface area (Å²) >= 11 is 1.36. The van der Waals surface area contributed by atoms with E-state index >= 15 is 0 Å². The molecule has 4 heteroatoms. The molecule has 1 heterocycles. The van der Waals surface area contributed by atoms with Crippen molar-refractivity contribution in [3.63, 3.8) is 0 Å². The van der Waals surface area contributed by atoms with Gasteiger partial charge in [0.2, 0.25) is 0 Å². The smallest absolute Gasteiger partial charge is 0.0893 e. The first kappa shape index (κ1) is 8.18. The second kappa shape index (κ2) is 4.83. The molecular weight excluding hydrogens is 158 g/mol. The van der Waals surface area contributed by atoms with Gasteiger partial charge in [0.15, 0.2) is 0 Å². The molecule has 1 aromatic heterocycles. The normalized spacial score (nSPS) is 9.36. The maximum absolute atomic E-state index is 5.07. The average Bonchev–Trinajstić information content (AvgIpc) is 2.50. The molecule has 3 nitrogen and oxygen atoms in total. The highest BCUT2D eigenvalue weighted by Gasteiger charge is 1.92. The first-order valence-corrected chi connectivity index (χ1v) is 4.17. The van der Waals surface area contributed by atoms with E-state index in [1.165, 1.54) is 11.5 Å². The Morgan fingerprint density at radius 2 is 2.64 bits per heavy atom. The molecule has 0 atom stereocenters. The fourth-order valence-corrected chi connectivity index (χ4v) is 1.09. The van der Waals surface area contributed by atoms with E-state index in [-0.39, 0.29) is 0 Å². The number of rotatable bonds is 4. The molecule has 0 unspecified atom stereocenters. The van der Waals surface area contributed by atoms with E-state index in [0.717, 1.165) is 25.2 Å². The first-order chi connectivity index (χ1) is 5.43. The van der Waals surface area contributed by atoms with Gasteiger partial charge in [0.1, 0.15) is 0 Å². The van der Waals surface area contributed by atoms with Crippen LogP contribution in [0.5, 0.6) is 0 Å². The third-order valence-corrected chi connectivity index (χ3v) is 1.71. The third kappa shape index (κ3) is 3.12. The van der Waals surface area contributed by atoms with E-state index in [9.17, 15) is 0 Å². The monoisotopic (exact) mass is 167 g/mol. The standard InChI is InChI=1S/C7H9N3S/c1-2-3-4-8-5-7-6-11-10-9-7/h1,6,8H,3-5H2. The lowest BCUT2D eigenvalue weighted by atomic mass is 10.4. The maximum atomic E-state index is 5.07. The van der Waals surface area contributed by atoms with Crippen molar-refractivity contribution in [2.75, 3.05) is 6.54 Å². The Labute approximate surface area is 70.0 Å². The summed E-state index contributed by atoms with van der Waals surface area (Å²) in [6, 6.07) is 0. The topological polar surface area (TPSA) is 37.8 Å². The Balaban J connectivity index is 2.10. The number of hydrogen-bond donors (Lipinski definition) is 1. The molecule has 1 rings (SSSR count). The van der Waals surface area contributed by atoms with Crippen molar-refractivity contribution in [3.05, 3.63) is 11.1 Å². The molecule has 0 aliphatic rings. The zero-order valence-corrected chi connectivity index (χ0v) is 6.90. The van der Waals surface area contributed by atoms with Crippen molar-refractivity contribution < 1.29 is 0 Å². The molecule has 0 aliphatic heterocycles. The molecule has 0 saturated carbocycles. The SMILES string of the molecule is C#CCCNCc1csnn1. The number of terminal acetylenes is 1. The van der Waals surface area contributed by atoms with E-state index in [4.69, 9.17) is 6.42 Å². The van der Waals surface area contributed by atoms with Gasteiger partial charge in [-0.1, -0.05) is 4.49 Å². The van der Waals surface area contributed by atoms with Gasteiger partial charge in [-0.25, -0.2) is 0 Å². The molecule has 1 aromatic rings. The molecule has 11 heavy (non-hydrogen) atoms. The van der Waals surface area contributed by atoms with Gasteiger partial charge >= 0.3 is 0 Å². The van der Waals surface area contributed by atoms with Gasteiger partial charge < -0.3 is 5.32 Å². The van der Waals surface area contributed by atoms with Crippen LogP contribution in [0.1, 0.15) is 12.1 Å². The molecule has 0 spiro atoms. The van der Waals surface area contributed by atoms with Crippen LogP contribution < -0.4 is 5.32 Å². The summed E-state index contributed by atoms with van der Waals surface area (Å²) in [6.45, 7) is 1.60. The van der Waals surface area contributed by atoms with Gasteiger partial charge in [0, 0.05) is 24.9 Å². The molecule has 0 aliphatic carbocycles. The number of aromatic nitrogens is 2. The summed E-state index contributed by atoms with van der Waals surface area (Å²) < 4.78 is 3.73. The van der Waals surface area contributed by atoms with Crippen LogP contribution in [0.2, 0.25) is 0 Å². The van der Waals surface area contributed by atoms with E-state index in [2.05, 4.69) is 20.8 Å². The fourth-order valence-electron chi connectivity index (χ4n) is 0.638. The van der Waals surface area contributed by atoms with Crippen LogP contribution in [0.25, 0.3) is 0 Å². The van der Waals surface area contributed by atoms with Gasteiger partial charge in [0.05, 0.1) is 5.69 Å². The Kier molecular flexibility index (Phi) is 3.59.